The molecular formula is C25H31N3O5S. The maximum atomic E-state index is 12.9. The first-order chi connectivity index (χ1) is 16.3. The van der Waals surface area contributed by atoms with Crippen molar-refractivity contribution in [3.8, 4) is 5.75 Å². The average molecular weight is 486 g/mol. The van der Waals surface area contributed by atoms with E-state index in [1.807, 2.05) is 49.9 Å². The van der Waals surface area contributed by atoms with Crippen LogP contribution in [0.2, 0.25) is 0 Å². The number of para-hydroxylation sites is 1. The number of amides is 1. The highest BCUT2D eigenvalue weighted by atomic mass is 32.2. The normalized spacial score (nSPS) is 16.4. The van der Waals surface area contributed by atoms with Gasteiger partial charge in [0.15, 0.2) is 11.3 Å². The summed E-state index contributed by atoms with van der Waals surface area (Å²) in [7, 11) is -3.52. The number of piperazine rings is 1. The number of hydrogen-bond acceptors (Lipinski definition) is 6. The molecule has 0 saturated carbocycles. The molecule has 8 nitrogen and oxygen atoms in total. The number of benzene rings is 2. The van der Waals surface area contributed by atoms with Gasteiger partial charge >= 0.3 is 0 Å². The lowest BCUT2D eigenvalue weighted by Gasteiger charge is -2.33. The van der Waals surface area contributed by atoms with Crippen LogP contribution in [0, 0.1) is 6.92 Å². The Labute approximate surface area is 200 Å². The van der Waals surface area contributed by atoms with E-state index in [0.29, 0.717) is 54.8 Å². The number of nitrogens with one attached hydrogen (secondary N) is 1. The maximum Gasteiger partial charge on any atom is 0.243 e. The van der Waals surface area contributed by atoms with Crippen LogP contribution in [-0.2, 0) is 14.8 Å². The lowest BCUT2D eigenvalue weighted by Crippen LogP contribution is -2.51. The van der Waals surface area contributed by atoms with E-state index in [-0.39, 0.29) is 18.5 Å². The molecule has 1 saturated heterocycles. The Morgan fingerprint density at radius 3 is 2.50 bits per heavy atom. The number of aryl methyl sites for hydroxylation is 1. The first kappa shape index (κ1) is 24.3. The van der Waals surface area contributed by atoms with Gasteiger partial charge in [0.25, 0.3) is 0 Å². The standard InChI is InChI=1S/C25H31N3O5S/c1-4-32-22-7-5-6-20-16-23(33-25(20)22)19(3)26-24(29)17-27-12-14-28(15-13-27)34(30,31)21-10-8-18(2)9-11-21/h5-11,16,19H,4,12-15,17H2,1-3H3,(H,26,29). The second kappa shape index (κ2) is 10.2. The van der Waals surface area contributed by atoms with Gasteiger partial charge in [0.1, 0.15) is 5.76 Å². The van der Waals surface area contributed by atoms with Gasteiger partial charge in [0.2, 0.25) is 15.9 Å². The van der Waals surface area contributed by atoms with Crippen molar-refractivity contribution < 1.29 is 22.4 Å². The summed E-state index contributed by atoms with van der Waals surface area (Å²) in [4.78, 5) is 14.9. The quantitative estimate of drug-likeness (QED) is 0.526. The SMILES string of the molecule is CCOc1cccc2cc(C(C)NC(=O)CN3CCN(S(=O)(=O)c4ccc(C)cc4)CC3)oc12. The second-order valence-corrected chi connectivity index (χ2v) is 10.5. The molecule has 0 aliphatic carbocycles. The molecule has 0 radical (unpaired) electrons. The molecule has 182 valence electrons. The number of furan rings is 1. The molecule has 1 amide bonds. The zero-order valence-corrected chi connectivity index (χ0v) is 20.6. The molecule has 4 rings (SSSR count). The Kier molecular flexibility index (Phi) is 7.25. The molecule has 1 fully saturated rings. The van der Waals surface area contributed by atoms with Gasteiger partial charge in [0, 0.05) is 31.6 Å². The number of hydrogen-bond donors (Lipinski definition) is 1. The van der Waals surface area contributed by atoms with Gasteiger partial charge in [-0.05, 0) is 45.0 Å². The van der Waals surface area contributed by atoms with E-state index in [4.69, 9.17) is 9.15 Å². The van der Waals surface area contributed by atoms with Crippen LogP contribution in [0.3, 0.4) is 0 Å². The van der Waals surface area contributed by atoms with Gasteiger partial charge in [-0.2, -0.15) is 4.31 Å². The van der Waals surface area contributed by atoms with Gasteiger partial charge in [-0.1, -0.05) is 29.8 Å². The van der Waals surface area contributed by atoms with E-state index in [9.17, 15) is 13.2 Å². The van der Waals surface area contributed by atoms with Crippen molar-refractivity contribution in [1.29, 1.82) is 0 Å². The fraction of sp³-hybridized carbons (Fsp3) is 0.400. The smallest absolute Gasteiger partial charge is 0.243 e. The molecule has 0 spiro atoms. The van der Waals surface area contributed by atoms with E-state index in [1.54, 1.807) is 24.3 Å². The van der Waals surface area contributed by atoms with Crippen LogP contribution in [0.1, 0.15) is 31.2 Å². The second-order valence-electron chi connectivity index (χ2n) is 8.54. The molecule has 1 N–H and O–H groups in total. The summed E-state index contributed by atoms with van der Waals surface area (Å²) in [5.41, 5.74) is 1.69. The van der Waals surface area contributed by atoms with Crippen molar-refractivity contribution >= 4 is 26.9 Å². The van der Waals surface area contributed by atoms with Crippen molar-refractivity contribution in [2.45, 2.75) is 31.7 Å². The number of rotatable bonds is 8. The molecule has 0 bridgehead atoms. The van der Waals surface area contributed by atoms with Crippen molar-refractivity contribution in [2.75, 3.05) is 39.3 Å². The topological polar surface area (TPSA) is 92.1 Å². The third-order valence-corrected chi connectivity index (χ3v) is 7.90. The zero-order valence-electron chi connectivity index (χ0n) is 19.8. The van der Waals surface area contributed by atoms with Gasteiger partial charge in [-0.3, -0.25) is 9.69 Å². The number of nitrogens with zero attached hydrogens (tertiary/aromatic N) is 2. The molecule has 34 heavy (non-hydrogen) atoms. The van der Waals surface area contributed by atoms with Crippen LogP contribution in [0.15, 0.2) is 57.8 Å². The Balaban J connectivity index is 1.31. The Morgan fingerprint density at radius 2 is 1.82 bits per heavy atom. The van der Waals surface area contributed by atoms with Gasteiger partial charge < -0.3 is 14.5 Å². The number of sulfonamides is 1. The molecule has 9 heteroatoms. The van der Waals surface area contributed by atoms with Crippen molar-refractivity contribution in [1.82, 2.24) is 14.5 Å². The fourth-order valence-corrected chi connectivity index (χ4v) is 5.51. The molecule has 1 aliphatic rings. The van der Waals surface area contributed by atoms with E-state index >= 15 is 0 Å². The van der Waals surface area contributed by atoms with E-state index in [0.717, 1.165) is 10.9 Å². The largest absolute Gasteiger partial charge is 0.490 e. The van der Waals surface area contributed by atoms with E-state index in [2.05, 4.69) is 5.32 Å². The highest BCUT2D eigenvalue weighted by Crippen LogP contribution is 2.31. The lowest BCUT2D eigenvalue weighted by atomic mass is 10.2. The number of fused-ring (bicyclic) bond motifs is 1. The van der Waals surface area contributed by atoms with Crippen molar-refractivity contribution in [3.63, 3.8) is 0 Å². The fourth-order valence-electron chi connectivity index (χ4n) is 4.09. The highest BCUT2D eigenvalue weighted by molar-refractivity contribution is 7.89. The predicted molar refractivity (Wildman–Crippen MR) is 130 cm³/mol. The molecule has 1 aromatic heterocycles. The van der Waals surface area contributed by atoms with Crippen LogP contribution in [0.4, 0.5) is 0 Å². The number of ether oxygens (including phenoxy) is 1. The minimum Gasteiger partial charge on any atom is -0.490 e. The summed E-state index contributed by atoms with van der Waals surface area (Å²) in [6.45, 7) is 8.16. The third kappa shape index (κ3) is 5.27. The van der Waals surface area contributed by atoms with Crippen LogP contribution < -0.4 is 10.1 Å². The molecular weight excluding hydrogens is 454 g/mol. The zero-order chi connectivity index (χ0) is 24.3. The van der Waals surface area contributed by atoms with Gasteiger partial charge in [0.05, 0.1) is 24.1 Å². The molecule has 1 unspecified atom stereocenters. The van der Waals surface area contributed by atoms with E-state index in [1.165, 1.54) is 4.31 Å². The minimum atomic E-state index is -3.52. The van der Waals surface area contributed by atoms with Crippen molar-refractivity contribution in [3.05, 3.63) is 59.9 Å². The van der Waals surface area contributed by atoms with Crippen molar-refractivity contribution in [2.24, 2.45) is 0 Å². The number of carbonyl (C=O) groups excluding carboxylic acids is 1. The predicted octanol–water partition coefficient (Wildman–Crippen LogP) is 3.32. The summed E-state index contributed by atoms with van der Waals surface area (Å²) in [6.07, 6.45) is 0. The summed E-state index contributed by atoms with van der Waals surface area (Å²) >= 11 is 0. The highest BCUT2D eigenvalue weighted by Gasteiger charge is 2.29. The molecule has 3 aromatic rings. The minimum absolute atomic E-state index is 0.132. The van der Waals surface area contributed by atoms with Gasteiger partial charge in [-0.15, -0.1) is 0 Å². The summed E-state index contributed by atoms with van der Waals surface area (Å²) < 4.78 is 38.8. The lowest BCUT2D eigenvalue weighted by molar-refractivity contribution is -0.123. The Bertz CT molecular complexity index is 1250. The molecule has 1 atom stereocenters. The molecule has 1 aliphatic heterocycles. The molecule has 2 heterocycles. The van der Waals surface area contributed by atoms with Crippen LogP contribution in [0.5, 0.6) is 5.75 Å². The summed E-state index contributed by atoms with van der Waals surface area (Å²) in [6, 6.07) is 14.2. The van der Waals surface area contributed by atoms with Crippen LogP contribution >= 0.6 is 0 Å². The van der Waals surface area contributed by atoms with Gasteiger partial charge in [-0.25, -0.2) is 8.42 Å². The third-order valence-electron chi connectivity index (χ3n) is 5.99. The Morgan fingerprint density at radius 1 is 1.12 bits per heavy atom. The van der Waals surface area contributed by atoms with Crippen LogP contribution in [0.25, 0.3) is 11.0 Å². The molecule has 2 aromatic carbocycles. The summed E-state index contributed by atoms with van der Waals surface area (Å²) in [5.74, 6) is 1.21. The van der Waals surface area contributed by atoms with Crippen LogP contribution in [-0.4, -0.2) is 62.9 Å². The summed E-state index contributed by atoms with van der Waals surface area (Å²) in [5, 5.41) is 3.91. The Hall–Kier alpha value is -2.88. The average Bonchev–Trinajstić information content (AvgIpc) is 3.26. The maximum absolute atomic E-state index is 12.9. The van der Waals surface area contributed by atoms with E-state index < -0.39 is 10.0 Å². The first-order valence-electron chi connectivity index (χ1n) is 11.5. The monoisotopic (exact) mass is 485 g/mol. The first-order valence-corrected chi connectivity index (χ1v) is 13.0. The number of carbonyl (C=O) groups is 1.